The monoisotopic (exact) mass is 394 g/mol. The summed E-state index contributed by atoms with van der Waals surface area (Å²) >= 11 is 1.76. The van der Waals surface area contributed by atoms with Crippen molar-refractivity contribution >= 4 is 27.4 Å². The fraction of sp³-hybridized carbons (Fsp3) is 0.375. The average molecular weight is 395 g/mol. The van der Waals surface area contributed by atoms with E-state index in [1.807, 2.05) is 6.07 Å². The van der Waals surface area contributed by atoms with E-state index in [-0.39, 0.29) is 17.8 Å². The number of thiophene rings is 1. The van der Waals surface area contributed by atoms with Crippen molar-refractivity contribution in [3.8, 4) is 0 Å². The van der Waals surface area contributed by atoms with E-state index in [0.29, 0.717) is 6.61 Å². The highest BCUT2D eigenvalue weighted by Gasteiger charge is 2.48. The van der Waals surface area contributed by atoms with E-state index < -0.39 is 5.60 Å². The SMILES string of the molecule is CCC1(CC(=O)OC)OCC(C)(Cc2ccccc2)c2c1sc1ccccc21. The van der Waals surface area contributed by atoms with Crippen LogP contribution in [-0.4, -0.2) is 19.7 Å². The molecule has 1 aliphatic rings. The number of benzene rings is 2. The van der Waals surface area contributed by atoms with Gasteiger partial charge in [0, 0.05) is 15.0 Å². The summed E-state index contributed by atoms with van der Waals surface area (Å²) in [4.78, 5) is 13.4. The van der Waals surface area contributed by atoms with Crippen molar-refractivity contribution in [2.45, 2.75) is 44.1 Å². The van der Waals surface area contributed by atoms with Crippen molar-refractivity contribution in [2.24, 2.45) is 0 Å². The van der Waals surface area contributed by atoms with Crippen LogP contribution in [0.3, 0.4) is 0 Å². The Morgan fingerprint density at radius 2 is 1.86 bits per heavy atom. The zero-order valence-corrected chi connectivity index (χ0v) is 17.5. The number of carbonyl (C=O) groups is 1. The van der Waals surface area contributed by atoms with Crippen molar-refractivity contribution in [1.29, 1.82) is 0 Å². The van der Waals surface area contributed by atoms with Crippen molar-refractivity contribution in [3.05, 3.63) is 70.6 Å². The molecule has 0 radical (unpaired) electrons. The molecule has 0 saturated heterocycles. The maximum atomic E-state index is 12.2. The Labute approximate surface area is 170 Å². The predicted molar refractivity (Wildman–Crippen MR) is 114 cm³/mol. The molecule has 2 unspecified atom stereocenters. The van der Waals surface area contributed by atoms with Gasteiger partial charge >= 0.3 is 5.97 Å². The summed E-state index contributed by atoms with van der Waals surface area (Å²) in [6.45, 7) is 4.97. The molecule has 146 valence electrons. The topological polar surface area (TPSA) is 35.5 Å². The van der Waals surface area contributed by atoms with Gasteiger partial charge < -0.3 is 9.47 Å². The fourth-order valence-electron chi connectivity index (χ4n) is 4.41. The van der Waals surface area contributed by atoms with E-state index in [9.17, 15) is 4.79 Å². The Balaban J connectivity index is 1.89. The van der Waals surface area contributed by atoms with E-state index >= 15 is 0 Å². The van der Waals surface area contributed by atoms with Crippen LogP contribution in [0.5, 0.6) is 0 Å². The first-order chi connectivity index (χ1) is 13.5. The van der Waals surface area contributed by atoms with Crippen molar-refractivity contribution < 1.29 is 14.3 Å². The normalized spacial score (nSPS) is 24.1. The molecule has 2 heterocycles. The van der Waals surface area contributed by atoms with Gasteiger partial charge in [0.25, 0.3) is 0 Å². The van der Waals surface area contributed by atoms with Crippen LogP contribution < -0.4 is 0 Å². The highest BCUT2D eigenvalue weighted by atomic mass is 32.1. The molecule has 3 nitrogen and oxygen atoms in total. The Bertz CT molecular complexity index is 994. The first-order valence-corrected chi connectivity index (χ1v) is 10.6. The summed E-state index contributed by atoms with van der Waals surface area (Å²) in [5, 5.41) is 1.28. The minimum Gasteiger partial charge on any atom is -0.469 e. The average Bonchev–Trinajstić information content (AvgIpc) is 3.13. The van der Waals surface area contributed by atoms with Crippen LogP contribution in [0.2, 0.25) is 0 Å². The lowest BCUT2D eigenvalue weighted by Crippen LogP contribution is -2.45. The molecule has 0 spiro atoms. The smallest absolute Gasteiger partial charge is 0.308 e. The number of carbonyl (C=O) groups excluding carboxylic acids is 1. The molecule has 0 saturated carbocycles. The number of fused-ring (bicyclic) bond motifs is 3. The third-order valence-corrected chi connectivity index (χ3v) is 7.30. The standard InChI is InChI=1S/C24H26O3S/c1-4-24(15-20(25)26-3)22-21(18-12-8-9-13-19(18)28-22)23(2,16-27-24)14-17-10-6-5-7-11-17/h5-13H,4,14-16H2,1-3H3. The molecular formula is C24H26O3S. The molecule has 2 atom stereocenters. The fourth-order valence-corrected chi connectivity index (χ4v) is 5.98. The number of hydrogen-bond acceptors (Lipinski definition) is 4. The maximum absolute atomic E-state index is 12.2. The quantitative estimate of drug-likeness (QED) is 0.528. The minimum atomic E-state index is -0.609. The molecule has 4 heteroatoms. The lowest BCUT2D eigenvalue weighted by molar-refractivity contribution is -0.154. The van der Waals surface area contributed by atoms with E-state index in [2.05, 4.69) is 62.4 Å². The Kier molecular flexibility index (Phi) is 5.02. The predicted octanol–water partition coefficient (Wildman–Crippen LogP) is 5.60. The van der Waals surface area contributed by atoms with E-state index in [1.54, 1.807) is 11.3 Å². The highest BCUT2D eigenvalue weighted by molar-refractivity contribution is 7.19. The van der Waals surface area contributed by atoms with E-state index in [1.165, 1.54) is 33.2 Å². The number of hydrogen-bond donors (Lipinski definition) is 0. The van der Waals surface area contributed by atoms with Crippen molar-refractivity contribution in [2.75, 3.05) is 13.7 Å². The Morgan fingerprint density at radius 3 is 2.57 bits per heavy atom. The van der Waals surface area contributed by atoms with Gasteiger partial charge in [-0.2, -0.15) is 0 Å². The third-order valence-electron chi connectivity index (χ3n) is 5.95. The lowest BCUT2D eigenvalue weighted by Gasteiger charge is -2.44. The molecule has 3 aromatic rings. The molecule has 0 amide bonds. The highest BCUT2D eigenvalue weighted by Crippen LogP contribution is 2.53. The second kappa shape index (κ2) is 7.34. The zero-order chi connectivity index (χ0) is 19.8. The first kappa shape index (κ1) is 19.2. The van der Waals surface area contributed by atoms with Crippen LogP contribution in [0.4, 0.5) is 0 Å². The Hall–Kier alpha value is -2.17. The third kappa shape index (κ3) is 3.15. The zero-order valence-electron chi connectivity index (χ0n) is 16.7. The van der Waals surface area contributed by atoms with Crippen LogP contribution in [0.1, 0.15) is 42.7 Å². The van der Waals surface area contributed by atoms with Gasteiger partial charge in [-0.3, -0.25) is 4.79 Å². The number of esters is 1. The van der Waals surface area contributed by atoms with Crippen LogP contribution >= 0.6 is 11.3 Å². The maximum Gasteiger partial charge on any atom is 0.308 e. The minimum absolute atomic E-state index is 0.148. The lowest BCUT2D eigenvalue weighted by atomic mass is 9.71. The van der Waals surface area contributed by atoms with Gasteiger partial charge in [-0.15, -0.1) is 11.3 Å². The van der Waals surface area contributed by atoms with Gasteiger partial charge in [0.2, 0.25) is 0 Å². The molecule has 0 N–H and O–H groups in total. The molecule has 4 rings (SSSR count). The van der Waals surface area contributed by atoms with Crippen molar-refractivity contribution in [1.82, 2.24) is 0 Å². The molecule has 0 fully saturated rings. The summed E-state index contributed by atoms with van der Waals surface area (Å²) < 4.78 is 12.8. The van der Waals surface area contributed by atoms with E-state index in [0.717, 1.165) is 12.8 Å². The van der Waals surface area contributed by atoms with Gasteiger partial charge in [0.1, 0.15) is 5.60 Å². The van der Waals surface area contributed by atoms with Crippen molar-refractivity contribution in [3.63, 3.8) is 0 Å². The molecule has 0 bridgehead atoms. The molecule has 1 aromatic heterocycles. The van der Waals surface area contributed by atoms with Crippen LogP contribution in [0, 0.1) is 0 Å². The van der Waals surface area contributed by atoms with Gasteiger partial charge in [-0.1, -0.05) is 62.4 Å². The molecule has 1 aliphatic heterocycles. The molecule has 2 aromatic carbocycles. The number of ether oxygens (including phenoxy) is 2. The summed E-state index contributed by atoms with van der Waals surface area (Å²) in [6, 6.07) is 19.1. The molecule has 0 aliphatic carbocycles. The van der Waals surface area contributed by atoms with Gasteiger partial charge in [0.05, 0.1) is 20.1 Å². The second-order valence-electron chi connectivity index (χ2n) is 7.91. The molecular weight excluding hydrogens is 368 g/mol. The number of methoxy groups -OCH3 is 1. The van der Waals surface area contributed by atoms with Crippen LogP contribution in [0.25, 0.3) is 10.1 Å². The number of rotatable bonds is 5. The summed E-state index contributed by atoms with van der Waals surface area (Å²) in [5.74, 6) is -0.225. The summed E-state index contributed by atoms with van der Waals surface area (Å²) in [6.07, 6.45) is 1.89. The van der Waals surface area contributed by atoms with Gasteiger partial charge in [-0.05, 0) is 35.4 Å². The Morgan fingerprint density at radius 1 is 1.14 bits per heavy atom. The largest absolute Gasteiger partial charge is 0.469 e. The van der Waals surface area contributed by atoms with Crippen LogP contribution in [-0.2, 0) is 31.7 Å². The first-order valence-electron chi connectivity index (χ1n) is 9.78. The summed E-state index contributed by atoms with van der Waals surface area (Å²) in [7, 11) is 1.44. The van der Waals surface area contributed by atoms with Gasteiger partial charge in [-0.25, -0.2) is 0 Å². The molecule has 28 heavy (non-hydrogen) atoms. The van der Waals surface area contributed by atoms with Crippen LogP contribution in [0.15, 0.2) is 54.6 Å². The van der Waals surface area contributed by atoms with E-state index in [4.69, 9.17) is 9.47 Å². The van der Waals surface area contributed by atoms with Gasteiger partial charge in [0.15, 0.2) is 0 Å². The second-order valence-corrected chi connectivity index (χ2v) is 8.97. The summed E-state index contributed by atoms with van der Waals surface area (Å²) in [5.41, 5.74) is 1.88.